The highest BCUT2D eigenvalue weighted by molar-refractivity contribution is 6.10. The van der Waals surface area contributed by atoms with Crippen LogP contribution in [0.15, 0.2) is 54.6 Å². The Balaban J connectivity index is 1.96. The maximum atomic E-state index is 12.9. The molecule has 3 aromatic rings. The van der Waals surface area contributed by atoms with Gasteiger partial charge in [-0.05, 0) is 47.9 Å². The highest BCUT2D eigenvalue weighted by Crippen LogP contribution is 2.26. The average molecular weight is 405 g/mol. The van der Waals surface area contributed by atoms with Crippen molar-refractivity contribution in [1.82, 2.24) is 4.90 Å². The molecule has 0 saturated carbocycles. The van der Waals surface area contributed by atoms with Crippen molar-refractivity contribution in [3.63, 3.8) is 0 Å². The van der Waals surface area contributed by atoms with E-state index in [0.717, 1.165) is 26.8 Å². The van der Waals surface area contributed by atoms with Crippen LogP contribution in [0, 0.1) is 13.8 Å². The van der Waals surface area contributed by atoms with Gasteiger partial charge in [0.15, 0.2) is 0 Å². The molecule has 3 rings (SSSR count). The molecule has 3 aromatic carbocycles. The Labute approximate surface area is 174 Å². The first-order valence-corrected chi connectivity index (χ1v) is 9.40. The highest BCUT2D eigenvalue weighted by atomic mass is 16.4. The first-order valence-electron chi connectivity index (χ1n) is 9.40. The number of nitrogens with one attached hydrogen (secondary N) is 2. The van der Waals surface area contributed by atoms with Gasteiger partial charge in [-0.2, -0.15) is 0 Å². The third-order valence-electron chi connectivity index (χ3n) is 4.80. The molecular weight excluding hydrogens is 382 g/mol. The fraction of sp³-hybridized carbons (Fsp3) is 0.174. The second-order valence-electron chi connectivity index (χ2n) is 7.15. The van der Waals surface area contributed by atoms with Crippen LogP contribution in [0.1, 0.15) is 21.5 Å². The van der Waals surface area contributed by atoms with E-state index in [1.165, 1.54) is 7.05 Å². The van der Waals surface area contributed by atoms with Crippen LogP contribution < -0.4 is 10.6 Å². The minimum absolute atomic E-state index is 0.217. The van der Waals surface area contributed by atoms with Gasteiger partial charge in [-0.15, -0.1) is 0 Å². The summed E-state index contributed by atoms with van der Waals surface area (Å²) in [6.45, 7) is 3.35. The number of carboxylic acid groups (broad SMARTS) is 1. The summed E-state index contributed by atoms with van der Waals surface area (Å²) in [7, 11) is 1.41. The Morgan fingerprint density at radius 2 is 1.50 bits per heavy atom. The number of rotatable bonds is 5. The summed E-state index contributed by atoms with van der Waals surface area (Å²) in [5, 5.41) is 16.2. The Bertz CT molecular complexity index is 1120. The number of anilines is 2. The third kappa shape index (κ3) is 4.57. The number of amides is 3. The number of benzene rings is 3. The summed E-state index contributed by atoms with van der Waals surface area (Å²) in [5.41, 5.74) is 3.06. The van der Waals surface area contributed by atoms with Gasteiger partial charge in [-0.3, -0.25) is 9.59 Å². The molecular formula is C23H23N3O4. The molecule has 3 N–H and O–H groups in total. The van der Waals surface area contributed by atoms with Gasteiger partial charge >= 0.3 is 12.0 Å². The SMILES string of the molecule is Cc1cccc(C)c1NC(=O)Nc1cc2ccccc2cc1C(=O)N(C)CC(=O)O. The zero-order valence-corrected chi connectivity index (χ0v) is 17.0. The summed E-state index contributed by atoms with van der Waals surface area (Å²) in [4.78, 5) is 37.7. The van der Waals surface area contributed by atoms with Crippen molar-refractivity contribution in [1.29, 1.82) is 0 Å². The lowest BCUT2D eigenvalue weighted by molar-refractivity contribution is -0.137. The first-order chi connectivity index (χ1) is 14.3. The molecule has 0 aliphatic rings. The Kier molecular flexibility index (Phi) is 6.01. The number of hydrogen-bond donors (Lipinski definition) is 3. The number of aryl methyl sites for hydroxylation is 2. The second kappa shape index (κ2) is 8.65. The summed E-state index contributed by atoms with van der Waals surface area (Å²) in [5.74, 6) is -1.61. The molecule has 0 aliphatic carbocycles. The van der Waals surface area contributed by atoms with Crippen LogP contribution >= 0.6 is 0 Å². The number of fused-ring (bicyclic) bond motifs is 1. The van der Waals surface area contributed by atoms with Crippen LogP contribution in [0.2, 0.25) is 0 Å². The normalized spacial score (nSPS) is 10.5. The van der Waals surface area contributed by atoms with Crippen LogP contribution in [-0.4, -0.2) is 41.5 Å². The van der Waals surface area contributed by atoms with E-state index >= 15 is 0 Å². The van der Waals surface area contributed by atoms with Crippen LogP contribution in [0.4, 0.5) is 16.2 Å². The molecule has 0 aliphatic heterocycles. The average Bonchev–Trinajstić information content (AvgIpc) is 2.69. The monoisotopic (exact) mass is 405 g/mol. The second-order valence-corrected chi connectivity index (χ2v) is 7.15. The van der Waals surface area contributed by atoms with Crippen LogP contribution in [0.25, 0.3) is 10.8 Å². The van der Waals surface area contributed by atoms with Crippen LogP contribution in [0.3, 0.4) is 0 Å². The van der Waals surface area contributed by atoms with Gasteiger partial charge in [0.1, 0.15) is 6.54 Å². The lowest BCUT2D eigenvalue weighted by Crippen LogP contribution is -2.33. The Morgan fingerprint density at radius 3 is 2.10 bits per heavy atom. The zero-order chi connectivity index (χ0) is 21.8. The summed E-state index contributed by atoms with van der Waals surface area (Å²) < 4.78 is 0. The maximum Gasteiger partial charge on any atom is 0.323 e. The predicted molar refractivity (Wildman–Crippen MR) is 117 cm³/mol. The molecule has 7 nitrogen and oxygen atoms in total. The van der Waals surface area contributed by atoms with E-state index in [1.807, 2.05) is 56.3 Å². The van der Waals surface area contributed by atoms with E-state index in [9.17, 15) is 14.4 Å². The largest absolute Gasteiger partial charge is 0.480 e. The van der Waals surface area contributed by atoms with E-state index < -0.39 is 24.5 Å². The Hall–Kier alpha value is -3.87. The fourth-order valence-electron chi connectivity index (χ4n) is 3.28. The topological polar surface area (TPSA) is 98.7 Å². The number of nitrogens with zero attached hydrogens (tertiary/aromatic N) is 1. The maximum absolute atomic E-state index is 12.9. The molecule has 3 amide bonds. The van der Waals surface area contributed by atoms with Gasteiger partial charge in [-0.25, -0.2) is 4.79 Å². The summed E-state index contributed by atoms with van der Waals surface area (Å²) in [6, 6.07) is 16.0. The van der Waals surface area contributed by atoms with Crippen LogP contribution in [0.5, 0.6) is 0 Å². The van der Waals surface area contributed by atoms with Crippen molar-refractivity contribution in [3.05, 3.63) is 71.3 Å². The number of aliphatic carboxylic acids is 1. The van der Waals surface area contributed by atoms with Gasteiger partial charge < -0.3 is 20.6 Å². The van der Waals surface area contributed by atoms with Gasteiger partial charge in [0, 0.05) is 12.7 Å². The molecule has 30 heavy (non-hydrogen) atoms. The van der Waals surface area contributed by atoms with Crippen molar-refractivity contribution >= 4 is 40.1 Å². The molecule has 0 spiro atoms. The molecule has 0 aromatic heterocycles. The number of hydrogen-bond acceptors (Lipinski definition) is 3. The number of urea groups is 1. The molecule has 0 heterocycles. The highest BCUT2D eigenvalue weighted by Gasteiger charge is 2.20. The molecule has 0 saturated heterocycles. The minimum Gasteiger partial charge on any atom is -0.480 e. The van der Waals surface area contributed by atoms with E-state index in [-0.39, 0.29) is 5.56 Å². The minimum atomic E-state index is -1.12. The smallest absolute Gasteiger partial charge is 0.323 e. The lowest BCUT2D eigenvalue weighted by atomic mass is 10.0. The van der Waals surface area contributed by atoms with Gasteiger partial charge in [0.2, 0.25) is 0 Å². The zero-order valence-electron chi connectivity index (χ0n) is 17.0. The van der Waals surface area contributed by atoms with E-state index in [0.29, 0.717) is 11.4 Å². The lowest BCUT2D eigenvalue weighted by Gasteiger charge is -2.19. The standard InChI is InChI=1S/C23H23N3O4/c1-14-7-6-8-15(2)21(14)25-23(30)24-19-12-17-10-5-4-9-16(17)11-18(19)22(29)26(3)13-20(27)28/h4-12H,13H2,1-3H3,(H,27,28)(H2,24,25,30). The summed E-state index contributed by atoms with van der Waals surface area (Å²) >= 11 is 0. The van der Waals surface area contributed by atoms with E-state index in [4.69, 9.17) is 5.11 Å². The van der Waals surface area contributed by atoms with E-state index in [1.54, 1.807) is 12.1 Å². The fourth-order valence-corrected chi connectivity index (χ4v) is 3.28. The predicted octanol–water partition coefficient (Wildman–Crippen LogP) is 4.26. The molecule has 0 unspecified atom stereocenters. The molecule has 0 bridgehead atoms. The number of likely N-dealkylation sites (N-methyl/N-ethyl adjacent to an activating group) is 1. The molecule has 0 fully saturated rings. The van der Waals surface area contributed by atoms with Crippen molar-refractivity contribution in [2.75, 3.05) is 24.2 Å². The number of carbonyl (C=O) groups is 3. The van der Waals surface area contributed by atoms with Gasteiger partial charge in [0.25, 0.3) is 5.91 Å². The molecule has 154 valence electrons. The first kappa shape index (κ1) is 20.9. The van der Waals surface area contributed by atoms with Crippen molar-refractivity contribution in [2.45, 2.75) is 13.8 Å². The quantitative estimate of drug-likeness (QED) is 0.591. The van der Waals surface area contributed by atoms with Gasteiger partial charge in [0.05, 0.1) is 11.3 Å². The van der Waals surface area contributed by atoms with Crippen LogP contribution in [-0.2, 0) is 4.79 Å². The third-order valence-corrected chi connectivity index (χ3v) is 4.80. The number of carboxylic acids is 1. The summed E-state index contributed by atoms with van der Waals surface area (Å²) in [6.07, 6.45) is 0. The molecule has 0 radical (unpaired) electrons. The van der Waals surface area contributed by atoms with Crippen molar-refractivity contribution in [2.24, 2.45) is 0 Å². The van der Waals surface area contributed by atoms with Crippen molar-refractivity contribution in [3.8, 4) is 0 Å². The molecule has 7 heteroatoms. The van der Waals surface area contributed by atoms with Gasteiger partial charge in [-0.1, -0.05) is 42.5 Å². The molecule has 0 atom stereocenters. The Morgan fingerprint density at radius 1 is 0.900 bits per heavy atom. The van der Waals surface area contributed by atoms with Crippen molar-refractivity contribution < 1.29 is 19.5 Å². The van der Waals surface area contributed by atoms with E-state index in [2.05, 4.69) is 10.6 Å². The number of carbonyl (C=O) groups excluding carboxylic acids is 2. The number of para-hydroxylation sites is 1.